The monoisotopic (exact) mass is 538 g/mol. The van der Waals surface area contributed by atoms with E-state index in [0.717, 1.165) is 36.0 Å². The van der Waals surface area contributed by atoms with E-state index in [1.165, 1.54) is 0 Å². The summed E-state index contributed by atoms with van der Waals surface area (Å²) in [6, 6.07) is 9.16. The molecule has 0 spiro atoms. The third-order valence-electron chi connectivity index (χ3n) is 7.11. The molecule has 2 aromatic carbocycles. The maximum atomic E-state index is 13.3. The van der Waals surface area contributed by atoms with Crippen LogP contribution < -0.4 is 10.9 Å². The lowest BCUT2D eigenvalue weighted by Gasteiger charge is -2.18. The first-order chi connectivity index (χ1) is 17.8. The Balaban J connectivity index is 1.43. The van der Waals surface area contributed by atoms with Crippen LogP contribution in [-0.2, 0) is 13.5 Å². The molecule has 3 heterocycles. The lowest BCUT2D eigenvalue weighted by molar-refractivity contribution is 0.206. The van der Waals surface area contributed by atoms with Crippen LogP contribution >= 0.6 is 23.2 Å². The first-order valence-corrected chi connectivity index (χ1v) is 13.1. The van der Waals surface area contributed by atoms with Crippen molar-refractivity contribution < 1.29 is 4.79 Å². The van der Waals surface area contributed by atoms with Crippen LogP contribution in [0.3, 0.4) is 0 Å². The van der Waals surface area contributed by atoms with Crippen molar-refractivity contribution in [2.24, 2.45) is 12.0 Å². The van der Waals surface area contributed by atoms with Crippen molar-refractivity contribution in [1.82, 2.24) is 19.4 Å². The molecule has 5 rings (SSSR count). The number of nitrogens with zero attached hydrogens (tertiary/aromatic N) is 4. The number of rotatable bonds is 5. The molecule has 37 heavy (non-hydrogen) atoms. The van der Waals surface area contributed by atoms with Gasteiger partial charge in [0.05, 0.1) is 32.2 Å². The number of benzene rings is 2. The topological polar surface area (TPSA) is 95.4 Å². The van der Waals surface area contributed by atoms with E-state index in [1.807, 2.05) is 42.5 Å². The van der Waals surface area contributed by atoms with Gasteiger partial charge in [-0.25, -0.2) is 14.8 Å². The molecular weight excluding hydrogens is 511 g/mol. The number of para-hydroxylation sites is 1. The number of anilines is 2. The summed E-state index contributed by atoms with van der Waals surface area (Å²) in [4.78, 5) is 39.3. The number of hydrogen-bond acceptors (Lipinski definition) is 4. The van der Waals surface area contributed by atoms with Crippen LogP contribution in [0.15, 0.2) is 40.1 Å². The van der Waals surface area contributed by atoms with E-state index in [4.69, 9.17) is 23.2 Å². The third-order valence-corrected chi connectivity index (χ3v) is 7.74. The van der Waals surface area contributed by atoms with E-state index in [-0.39, 0.29) is 17.6 Å². The molecule has 0 bridgehead atoms. The summed E-state index contributed by atoms with van der Waals surface area (Å²) in [5.41, 5.74) is 3.57. The molecular formula is C27H28Cl2N6O2. The molecule has 8 nitrogen and oxygen atoms in total. The van der Waals surface area contributed by atoms with Crippen LogP contribution in [-0.4, -0.2) is 44.3 Å². The first-order valence-electron chi connectivity index (χ1n) is 12.3. The van der Waals surface area contributed by atoms with Crippen molar-refractivity contribution in [2.75, 3.05) is 11.9 Å². The summed E-state index contributed by atoms with van der Waals surface area (Å²) in [7, 11) is 1.85. The second-order valence-electron chi connectivity index (χ2n) is 9.45. The molecule has 1 saturated heterocycles. The zero-order valence-electron chi connectivity index (χ0n) is 20.9. The van der Waals surface area contributed by atoms with Crippen molar-refractivity contribution in [1.29, 1.82) is 0 Å². The minimum absolute atomic E-state index is 0.185. The normalized spacial score (nSPS) is 15.9. The van der Waals surface area contributed by atoms with E-state index in [9.17, 15) is 9.59 Å². The highest BCUT2D eigenvalue weighted by molar-refractivity contribution is 6.39. The highest BCUT2D eigenvalue weighted by Gasteiger charge is 2.24. The van der Waals surface area contributed by atoms with Crippen LogP contribution in [0.1, 0.15) is 37.4 Å². The molecule has 4 aromatic rings. The summed E-state index contributed by atoms with van der Waals surface area (Å²) in [5.74, 6) is 0.520. The Morgan fingerprint density at radius 2 is 2.03 bits per heavy atom. The number of aromatic amines is 1. The number of halogens is 2. The number of aryl methyl sites for hydroxylation is 3. The highest BCUT2D eigenvalue weighted by Crippen LogP contribution is 2.34. The Morgan fingerprint density at radius 1 is 1.27 bits per heavy atom. The molecule has 192 valence electrons. The number of nitrogens with one attached hydrogen (secondary N) is 2. The third kappa shape index (κ3) is 4.71. The van der Waals surface area contributed by atoms with E-state index >= 15 is 0 Å². The number of hydrogen-bond donors (Lipinski definition) is 2. The fraction of sp³-hybridized carbons (Fsp3) is 0.333. The summed E-state index contributed by atoms with van der Waals surface area (Å²) in [6.07, 6.45) is 4.82. The SMILES string of the molecule is Cc1c(CCC=NC(=O)N2CCC[C@H]2C)[nH]c(=O)c2c1ccc1nc(Nc3c(Cl)cccc3Cl)n(C)c12. The fourth-order valence-corrected chi connectivity index (χ4v) is 5.53. The number of aromatic nitrogens is 3. The van der Waals surface area contributed by atoms with Gasteiger partial charge >= 0.3 is 6.03 Å². The van der Waals surface area contributed by atoms with Gasteiger partial charge in [-0.2, -0.15) is 0 Å². The quantitative estimate of drug-likeness (QED) is 0.288. The number of pyridine rings is 1. The summed E-state index contributed by atoms with van der Waals surface area (Å²) in [5, 5.41) is 5.58. The number of fused-ring (bicyclic) bond motifs is 3. The lowest BCUT2D eigenvalue weighted by Crippen LogP contribution is -2.31. The van der Waals surface area contributed by atoms with Crippen LogP contribution in [0.4, 0.5) is 16.4 Å². The Bertz CT molecular complexity index is 1590. The van der Waals surface area contributed by atoms with Crippen molar-refractivity contribution >= 4 is 68.9 Å². The van der Waals surface area contributed by atoms with Crippen LogP contribution in [0.2, 0.25) is 10.0 Å². The van der Waals surface area contributed by atoms with Gasteiger partial charge in [-0.15, -0.1) is 0 Å². The molecule has 2 amide bonds. The number of aliphatic imine (C=N–C) groups is 1. The first kappa shape index (κ1) is 25.3. The van der Waals surface area contributed by atoms with Gasteiger partial charge in [-0.1, -0.05) is 35.3 Å². The number of amides is 2. The number of H-pyrrole nitrogens is 1. The maximum Gasteiger partial charge on any atom is 0.343 e. The van der Waals surface area contributed by atoms with E-state index < -0.39 is 0 Å². The van der Waals surface area contributed by atoms with Gasteiger partial charge in [0.25, 0.3) is 5.56 Å². The van der Waals surface area contributed by atoms with Gasteiger partial charge in [0.2, 0.25) is 5.95 Å². The molecule has 1 aliphatic rings. The number of imidazole rings is 1. The largest absolute Gasteiger partial charge is 0.343 e. The summed E-state index contributed by atoms with van der Waals surface area (Å²) in [6.45, 7) is 4.81. The number of carbonyl (C=O) groups is 1. The Labute approximate surface area is 224 Å². The van der Waals surface area contributed by atoms with Gasteiger partial charge in [0, 0.05) is 31.5 Å². The standard InChI is InChI=1S/C27H28Cl2N6O2/c1-15-7-6-14-35(15)27(37)30-13-5-10-20-16(2)17-11-12-21-24(22(17)25(36)31-20)34(3)26(32-21)33-23-18(28)8-4-9-19(23)29/h4,8-9,11-13,15H,5-7,10,14H2,1-3H3,(H,31,36)(H,32,33)/t15-/m1/s1. The van der Waals surface area contributed by atoms with Crippen molar-refractivity contribution in [3.8, 4) is 0 Å². The predicted molar refractivity (Wildman–Crippen MR) is 151 cm³/mol. The lowest BCUT2D eigenvalue weighted by atomic mass is 10.0. The van der Waals surface area contributed by atoms with Crippen LogP contribution in [0.25, 0.3) is 21.8 Å². The molecule has 0 unspecified atom stereocenters. The molecule has 1 aliphatic heterocycles. The van der Waals surface area contributed by atoms with Crippen molar-refractivity contribution in [3.05, 3.63) is 62.0 Å². The van der Waals surface area contributed by atoms with Crippen LogP contribution in [0.5, 0.6) is 0 Å². The van der Waals surface area contributed by atoms with Crippen molar-refractivity contribution in [3.63, 3.8) is 0 Å². The van der Waals surface area contributed by atoms with Crippen molar-refractivity contribution in [2.45, 2.75) is 45.6 Å². The minimum Gasteiger partial charge on any atom is -0.325 e. The Hall–Kier alpha value is -3.36. The van der Waals surface area contributed by atoms with Gasteiger partial charge < -0.3 is 19.8 Å². The van der Waals surface area contributed by atoms with Gasteiger partial charge in [0.1, 0.15) is 0 Å². The number of likely N-dealkylation sites (tertiary alicyclic amines) is 1. The zero-order valence-corrected chi connectivity index (χ0v) is 22.5. The van der Waals surface area contributed by atoms with E-state index in [1.54, 1.807) is 24.4 Å². The molecule has 1 atom stereocenters. The van der Waals surface area contributed by atoms with Crippen LogP contribution in [0, 0.1) is 6.92 Å². The Morgan fingerprint density at radius 3 is 2.73 bits per heavy atom. The average molecular weight is 539 g/mol. The van der Waals surface area contributed by atoms with Gasteiger partial charge in [-0.3, -0.25) is 4.79 Å². The maximum absolute atomic E-state index is 13.3. The molecule has 0 aliphatic carbocycles. The second kappa shape index (κ2) is 10.2. The molecule has 1 fully saturated rings. The average Bonchev–Trinajstić information content (AvgIpc) is 3.44. The smallest absolute Gasteiger partial charge is 0.325 e. The fourth-order valence-electron chi connectivity index (χ4n) is 5.04. The number of urea groups is 1. The minimum atomic E-state index is -0.189. The van der Waals surface area contributed by atoms with E-state index in [2.05, 4.69) is 20.3 Å². The molecule has 10 heteroatoms. The molecule has 2 aromatic heterocycles. The second-order valence-corrected chi connectivity index (χ2v) is 10.3. The summed E-state index contributed by atoms with van der Waals surface area (Å²) >= 11 is 12.7. The molecule has 2 N–H and O–H groups in total. The predicted octanol–water partition coefficient (Wildman–Crippen LogP) is 6.38. The van der Waals surface area contributed by atoms with Gasteiger partial charge in [-0.05, 0) is 68.7 Å². The Kier molecular flexibility index (Phi) is 6.96. The summed E-state index contributed by atoms with van der Waals surface area (Å²) < 4.78 is 1.84. The van der Waals surface area contributed by atoms with E-state index in [0.29, 0.717) is 50.9 Å². The van der Waals surface area contributed by atoms with Gasteiger partial charge in [0.15, 0.2) is 0 Å². The molecule has 0 radical (unpaired) electrons. The molecule has 0 saturated carbocycles. The number of carbonyl (C=O) groups excluding carboxylic acids is 1. The highest BCUT2D eigenvalue weighted by atomic mass is 35.5. The zero-order chi connectivity index (χ0) is 26.3.